The topological polar surface area (TPSA) is 105 Å². The SMILES string of the molecule is C[C@H](OC(=O)CN1C(=O)N[C@@]2(CCCC[C@@H]2C)C1=O)C(=O)NC1CCCC1. The van der Waals surface area contributed by atoms with Crippen molar-refractivity contribution in [1.29, 1.82) is 0 Å². The average molecular weight is 379 g/mol. The summed E-state index contributed by atoms with van der Waals surface area (Å²) >= 11 is 0. The van der Waals surface area contributed by atoms with Crippen LogP contribution in [0.25, 0.3) is 0 Å². The van der Waals surface area contributed by atoms with Gasteiger partial charge in [0.1, 0.15) is 12.1 Å². The highest BCUT2D eigenvalue weighted by molar-refractivity contribution is 6.09. The van der Waals surface area contributed by atoms with E-state index in [2.05, 4.69) is 10.6 Å². The average Bonchev–Trinajstić information content (AvgIpc) is 3.20. The number of amides is 4. The molecule has 1 spiro atoms. The summed E-state index contributed by atoms with van der Waals surface area (Å²) in [4.78, 5) is 50.4. The van der Waals surface area contributed by atoms with Gasteiger partial charge in [-0.1, -0.05) is 32.6 Å². The van der Waals surface area contributed by atoms with E-state index in [0.717, 1.165) is 49.8 Å². The molecule has 150 valence electrons. The largest absolute Gasteiger partial charge is 0.451 e. The highest BCUT2D eigenvalue weighted by Gasteiger charge is 2.55. The number of carbonyl (C=O) groups is 4. The van der Waals surface area contributed by atoms with Crippen molar-refractivity contribution in [3.63, 3.8) is 0 Å². The maximum Gasteiger partial charge on any atom is 0.327 e. The second kappa shape index (κ2) is 7.86. The summed E-state index contributed by atoms with van der Waals surface area (Å²) < 4.78 is 5.16. The third kappa shape index (κ3) is 3.94. The molecule has 8 heteroatoms. The molecule has 2 saturated carbocycles. The van der Waals surface area contributed by atoms with Crippen LogP contribution >= 0.6 is 0 Å². The lowest BCUT2D eigenvalue weighted by atomic mass is 9.73. The van der Waals surface area contributed by atoms with Gasteiger partial charge in [-0.2, -0.15) is 0 Å². The first kappa shape index (κ1) is 19.6. The van der Waals surface area contributed by atoms with E-state index in [0.29, 0.717) is 6.42 Å². The molecule has 1 heterocycles. The van der Waals surface area contributed by atoms with Gasteiger partial charge in [0.05, 0.1) is 0 Å². The van der Waals surface area contributed by atoms with Crippen LogP contribution in [-0.4, -0.2) is 52.9 Å². The number of hydrogen-bond acceptors (Lipinski definition) is 5. The van der Waals surface area contributed by atoms with Gasteiger partial charge in [0.25, 0.3) is 11.8 Å². The molecule has 0 unspecified atom stereocenters. The maximum atomic E-state index is 12.8. The second-order valence-corrected chi connectivity index (χ2v) is 8.06. The van der Waals surface area contributed by atoms with Crippen molar-refractivity contribution < 1.29 is 23.9 Å². The van der Waals surface area contributed by atoms with Crippen LogP contribution in [0.4, 0.5) is 4.79 Å². The van der Waals surface area contributed by atoms with Gasteiger partial charge >= 0.3 is 12.0 Å². The van der Waals surface area contributed by atoms with Gasteiger partial charge in [0.2, 0.25) is 0 Å². The summed E-state index contributed by atoms with van der Waals surface area (Å²) in [6.45, 7) is 2.98. The number of nitrogens with zero attached hydrogens (tertiary/aromatic N) is 1. The van der Waals surface area contributed by atoms with Crippen molar-refractivity contribution >= 4 is 23.8 Å². The molecular formula is C19H29N3O5. The Labute approximate surface area is 159 Å². The van der Waals surface area contributed by atoms with Crippen LogP contribution in [0.2, 0.25) is 0 Å². The summed E-state index contributed by atoms with van der Waals surface area (Å²) in [6.07, 6.45) is 6.45. The lowest BCUT2D eigenvalue weighted by Gasteiger charge is -2.36. The minimum Gasteiger partial charge on any atom is -0.451 e. The summed E-state index contributed by atoms with van der Waals surface area (Å²) in [7, 11) is 0. The Bertz CT molecular complexity index is 631. The molecule has 3 aliphatic rings. The minimum absolute atomic E-state index is 0.0276. The quantitative estimate of drug-likeness (QED) is 0.556. The molecule has 0 bridgehead atoms. The number of imide groups is 1. The molecule has 3 fully saturated rings. The maximum absolute atomic E-state index is 12.8. The van der Waals surface area contributed by atoms with E-state index in [4.69, 9.17) is 4.74 Å². The Balaban J connectivity index is 1.54. The first-order valence-electron chi connectivity index (χ1n) is 9.97. The number of urea groups is 1. The first-order chi connectivity index (χ1) is 12.8. The van der Waals surface area contributed by atoms with Gasteiger partial charge in [-0.05, 0) is 38.5 Å². The number of hydrogen-bond donors (Lipinski definition) is 2. The number of carbonyl (C=O) groups excluding carboxylic acids is 4. The van der Waals surface area contributed by atoms with E-state index >= 15 is 0 Å². The zero-order valence-electron chi connectivity index (χ0n) is 16.1. The Hall–Kier alpha value is -2.12. The van der Waals surface area contributed by atoms with Gasteiger partial charge in [0, 0.05) is 6.04 Å². The third-order valence-corrected chi connectivity index (χ3v) is 6.17. The molecule has 8 nitrogen and oxygen atoms in total. The molecule has 3 rings (SSSR count). The van der Waals surface area contributed by atoms with E-state index in [1.165, 1.54) is 6.92 Å². The Kier molecular flexibility index (Phi) is 5.72. The molecule has 2 N–H and O–H groups in total. The zero-order valence-corrected chi connectivity index (χ0v) is 16.1. The van der Waals surface area contributed by atoms with E-state index in [1.54, 1.807) is 0 Å². The molecule has 27 heavy (non-hydrogen) atoms. The Morgan fingerprint density at radius 1 is 1.22 bits per heavy atom. The molecule has 4 amide bonds. The van der Waals surface area contributed by atoms with E-state index in [1.807, 2.05) is 6.92 Å². The van der Waals surface area contributed by atoms with E-state index < -0.39 is 30.2 Å². The standard InChI is InChI=1S/C19H29N3O5/c1-12-7-5-6-10-19(12)17(25)22(18(26)21-19)11-15(23)27-13(2)16(24)20-14-8-3-4-9-14/h12-14H,3-11H2,1-2H3,(H,20,24)(H,21,26)/t12-,13-,19+/m0/s1. The van der Waals surface area contributed by atoms with Gasteiger partial charge in [-0.3, -0.25) is 19.3 Å². The van der Waals surface area contributed by atoms with Gasteiger partial charge in [-0.15, -0.1) is 0 Å². The summed E-state index contributed by atoms with van der Waals surface area (Å²) in [5.41, 5.74) is -0.902. The fourth-order valence-electron chi connectivity index (χ4n) is 4.44. The van der Waals surface area contributed by atoms with E-state index in [-0.39, 0.29) is 23.8 Å². The monoisotopic (exact) mass is 379 g/mol. The van der Waals surface area contributed by atoms with Crippen LogP contribution in [0.15, 0.2) is 0 Å². The number of rotatable bonds is 5. The third-order valence-electron chi connectivity index (χ3n) is 6.17. The molecule has 0 radical (unpaired) electrons. The van der Waals surface area contributed by atoms with Crippen LogP contribution in [0, 0.1) is 5.92 Å². The van der Waals surface area contributed by atoms with Gasteiger partial charge in [0.15, 0.2) is 6.10 Å². The van der Waals surface area contributed by atoms with Crippen LogP contribution in [0.3, 0.4) is 0 Å². The predicted octanol–water partition coefficient (Wildman–Crippen LogP) is 1.48. The van der Waals surface area contributed by atoms with Crippen LogP contribution in [0.5, 0.6) is 0 Å². The number of nitrogens with one attached hydrogen (secondary N) is 2. The van der Waals surface area contributed by atoms with Crippen LogP contribution < -0.4 is 10.6 Å². The number of ether oxygens (including phenoxy) is 1. The minimum atomic E-state index is -0.957. The van der Waals surface area contributed by atoms with Gasteiger partial charge < -0.3 is 15.4 Å². The summed E-state index contributed by atoms with van der Waals surface area (Å²) in [6, 6.07) is -0.425. The lowest BCUT2D eigenvalue weighted by Crippen LogP contribution is -2.54. The Morgan fingerprint density at radius 2 is 1.89 bits per heavy atom. The zero-order chi connectivity index (χ0) is 19.6. The van der Waals surface area contributed by atoms with Gasteiger partial charge in [-0.25, -0.2) is 4.79 Å². The number of esters is 1. The van der Waals surface area contributed by atoms with Crippen molar-refractivity contribution in [3.8, 4) is 0 Å². The van der Waals surface area contributed by atoms with Crippen molar-refractivity contribution in [3.05, 3.63) is 0 Å². The van der Waals surface area contributed by atoms with Crippen molar-refractivity contribution in [2.24, 2.45) is 5.92 Å². The molecule has 1 aliphatic heterocycles. The highest BCUT2D eigenvalue weighted by atomic mass is 16.5. The molecule has 0 aromatic rings. The smallest absolute Gasteiger partial charge is 0.327 e. The molecule has 2 aliphatic carbocycles. The van der Waals surface area contributed by atoms with Crippen LogP contribution in [0.1, 0.15) is 65.2 Å². The summed E-state index contributed by atoms with van der Waals surface area (Å²) in [5, 5.41) is 5.67. The molecule has 3 atom stereocenters. The molecule has 0 aromatic heterocycles. The van der Waals surface area contributed by atoms with Crippen molar-refractivity contribution in [2.75, 3.05) is 6.54 Å². The molecule has 0 aromatic carbocycles. The predicted molar refractivity (Wildman–Crippen MR) is 96.6 cm³/mol. The van der Waals surface area contributed by atoms with Crippen molar-refractivity contribution in [1.82, 2.24) is 15.5 Å². The fourth-order valence-corrected chi connectivity index (χ4v) is 4.44. The normalized spacial score (nSPS) is 29.7. The second-order valence-electron chi connectivity index (χ2n) is 8.06. The summed E-state index contributed by atoms with van der Waals surface area (Å²) in [5.74, 6) is -1.43. The molecular weight excluding hydrogens is 350 g/mol. The highest BCUT2D eigenvalue weighted by Crippen LogP contribution is 2.38. The van der Waals surface area contributed by atoms with Crippen LogP contribution in [-0.2, 0) is 19.1 Å². The first-order valence-corrected chi connectivity index (χ1v) is 9.97. The Morgan fingerprint density at radius 3 is 2.56 bits per heavy atom. The molecule has 1 saturated heterocycles. The fraction of sp³-hybridized carbons (Fsp3) is 0.789. The lowest BCUT2D eigenvalue weighted by molar-refractivity contribution is -0.157. The van der Waals surface area contributed by atoms with Crippen molar-refractivity contribution in [2.45, 2.75) is 82.9 Å². The van der Waals surface area contributed by atoms with E-state index in [9.17, 15) is 19.2 Å².